The van der Waals surface area contributed by atoms with Gasteiger partial charge in [0, 0.05) is 38.8 Å². The van der Waals surface area contributed by atoms with Gasteiger partial charge in [-0.25, -0.2) is 0 Å². The quantitative estimate of drug-likeness (QED) is 0.873. The Labute approximate surface area is 168 Å². The maximum Gasteiger partial charge on any atom is 0.119 e. The number of piperazine rings is 1. The molecule has 4 nitrogen and oxygen atoms in total. The van der Waals surface area contributed by atoms with Crippen LogP contribution < -0.4 is 4.74 Å². The number of benzene rings is 2. The molecule has 2 fully saturated rings. The van der Waals surface area contributed by atoms with Gasteiger partial charge in [0.1, 0.15) is 11.5 Å². The molecule has 3 unspecified atom stereocenters. The van der Waals surface area contributed by atoms with Crippen LogP contribution in [0.2, 0.25) is 0 Å². The van der Waals surface area contributed by atoms with Crippen LogP contribution >= 0.6 is 0 Å². The van der Waals surface area contributed by atoms with Gasteiger partial charge in [-0.15, -0.1) is 0 Å². The summed E-state index contributed by atoms with van der Waals surface area (Å²) in [5.74, 6) is 1.87. The summed E-state index contributed by atoms with van der Waals surface area (Å²) in [5, 5.41) is 10.00. The fourth-order valence-electron chi connectivity index (χ4n) is 5.07. The van der Waals surface area contributed by atoms with E-state index in [1.807, 2.05) is 18.2 Å². The first kappa shape index (κ1) is 19.3. The third kappa shape index (κ3) is 3.76. The van der Waals surface area contributed by atoms with E-state index in [0.717, 1.165) is 44.9 Å². The van der Waals surface area contributed by atoms with E-state index < -0.39 is 0 Å². The van der Waals surface area contributed by atoms with Crippen LogP contribution in [0.15, 0.2) is 48.5 Å². The van der Waals surface area contributed by atoms with Gasteiger partial charge in [-0.1, -0.05) is 38.1 Å². The van der Waals surface area contributed by atoms with Crippen molar-refractivity contribution >= 4 is 0 Å². The van der Waals surface area contributed by atoms with Gasteiger partial charge in [0.15, 0.2) is 0 Å². The van der Waals surface area contributed by atoms with Crippen LogP contribution in [-0.4, -0.2) is 54.2 Å². The molecule has 0 aliphatic carbocycles. The molecule has 4 rings (SSSR count). The summed E-state index contributed by atoms with van der Waals surface area (Å²) < 4.78 is 5.38. The molecular formula is C24H32N2O2. The van der Waals surface area contributed by atoms with Gasteiger partial charge >= 0.3 is 0 Å². The summed E-state index contributed by atoms with van der Waals surface area (Å²) in [6.45, 7) is 10.2. The largest absolute Gasteiger partial charge is 0.508 e. The molecule has 4 heteroatoms. The highest BCUT2D eigenvalue weighted by atomic mass is 16.5. The second-order valence-corrected chi connectivity index (χ2v) is 8.81. The molecule has 0 aromatic heterocycles. The molecule has 0 radical (unpaired) electrons. The SMILES string of the molecule is COc1cccc(CN2CCN3CC(C)C(C)(c4cccc(O)c4)CC3C2)c1. The molecule has 0 saturated carbocycles. The second-order valence-electron chi connectivity index (χ2n) is 8.81. The van der Waals surface area contributed by atoms with Gasteiger partial charge in [0.25, 0.3) is 0 Å². The van der Waals surface area contributed by atoms with E-state index >= 15 is 0 Å². The molecule has 0 bridgehead atoms. The van der Waals surface area contributed by atoms with Crippen LogP contribution in [0.3, 0.4) is 0 Å². The smallest absolute Gasteiger partial charge is 0.119 e. The van der Waals surface area contributed by atoms with E-state index in [0.29, 0.717) is 17.7 Å². The zero-order chi connectivity index (χ0) is 19.7. The minimum atomic E-state index is 0.0961. The number of aromatic hydroxyl groups is 1. The Morgan fingerprint density at radius 3 is 2.71 bits per heavy atom. The van der Waals surface area contributed by atoms with Crippen LogP contribution in [0.1, 0.15) is 31.4 Å². The lowest BCUT2D eigenvalue weighted by Gasteiger charge is -2.53. The summed E-state index contributed by atoms with van der Waals surface area (Å²) >= 11 is 0. The van der Waals surface area contributed by atoms with Crippen LogP contribution in [0.5, 0.6) is 11.5 Å². The highest BCUT2D eigenvalue weighted by molar-refractivity contribution is 5.34. The van der Waals surface area contributed by atoms with Crippen LogP contribution in [0.4, 0.5) is 0 Å². The normalized spacial score (nSPS) is 28.7. The number of piperidine rings is 1. The fourth-order valence-corrected chi connectivity index (χ4v) is 5.07. The average molecular weight is 381 g/mol. The molecule has 150 valence electrons. The molecular weight excluding hydrogens is 348 g/mol. The molecule has 1 N–H and O–H groups in total. The summed E-state index contributed by atoms with van der Waals surface area (Å²) in [5.41, 5.74) is 2.68. The van der Waals surface area contributed by atoms with Gasteiger partial charge < -0.3 is 9.84 Å². The van der Waals surface area contributed by atoms with Crippen LogP contribution in [-0.2, 0) is 12.0 Å². The maximum absolute atomic E-state index is 10.00. The molecule has 2 saturated heterocycles. The van der Waals surface area contributed by atoms with Gasteiger partial charge in [-0.05, 0) is 53.1 Å². The minimum Gasteiger partial charge on any atom is -0.508 e. The molecule has 2 aromatic rings. The van der Waals surface area contributed by atoms with Gasteiger partial charge in [0.05, 0.1) is 7.11 Å². The number of phenols is 1. The first-order valence-corrected chi connectivity index (χ1v) is 10.4. The molecule has 3 atom stereocenters. The van der Waals surface area contributed by atoms with Gasteiger partial charge in [-0.2, -0.15) is 0 Å². The van der Waals surface area contributed by atoms with Crippen molar-refractivity contribution in [1.82, 2.24) is 9.80 Å². The molecule has 2 aliphatic heterocycles. The number of nitrogens with zero attached hydrogens (tertiary/aromatic N) is 2. The highest BCUT2D eigenvalue weighted by Crippen LogP contribution is 2.43. The standard InChI is InChI=1S/C24H32N2O2/c1-18-15-26-11-10-25(16-19-6-4-9-23(12-19)28-3)17-21(26)14-24(18,2)20-7-5-8-22(27)13-20/h4-9,12-13,18,21,27H,10-11,14-17H2,1-3H3. The van der Waals surface area contributed by atoms with E-state index in [1.165, 1.54) is 11.1 Å². The second kappa shape index (κ2) is 7.76. The van der Waals surface area contributed by atoms with E-state index in [4.69, 9.17) is 4.74 Å². The van der Waals surface area contributed by atoms with Crippen molar-refractivity contribution in [2.24, 2.45) is 5.92 Å². The zero-order valence-corrected chi connectivity index (χ0v) is 17.3. The Balaban J connectivity index is 1.49. The van der Waals surface area contributed by atoms with Crippen molar-refractivity contribution in [3.05, 3.63) is 59.7 Å². The molecule has 0 spiro atoms. The number of ether oxygens (including phenoxy) is 1. The lowest BCUT2D eigenvalue weighted by atomic mass is 9.65. The van der Waals surface area contributed by atoms with Gasteiger partial charge in [-0.3, -0.25) is 9.80 Å². The number of rotatable bonds is 4. The van der Waals surface area contributed by atoms with Gasteiger partial charge in [0.2, 0.25) is 0 Å². The van der Waals surface area contributed by atoms with E-state index in [-0.39, 0.29) is 5.41 Å². The third-order valence-corrected chi connectivity index (χ3v) is 6.99. The summed E-state index contributed by atoms with van der Waals surface area (Å²) in [7, 11) is 1.73. The Kier molecular flexibility index (Phi) is 5.35. The lowest BCUT2D eigenvalue weighted by Crippen LogP contribution is -2.60. The van der Waals surface area contributed by atoms with Crippen molar-refractivity contribution in [1.29, 1.82) is 0 Å². The Morgan fingerprint density at radius 2 is 1.93 bits per heavy atom. The first-order valence-electron chi connectivity index (χ1n) is 10.4. The van der Waals surface area contributed by atoms with Crippen molar-refractivity contribution < 1.29 is 9.84 Å². The van der Waals surface area contributed by atoms with E-state index in [2.05, 4.69) is 47.9 Å². The molecule has 28 heavy (non-hydrogen) atoms. The van der Waals surface area contributed by atoms with Crippen LogP contribution in [0, 0.1) is 5.92 Å². The topological polar surface area (TPSA) is 35.9 Å². The highest BCUT2D eigenvalue weighted by Gasteiger charge is 2.44. The van der Waals surface area contributed by atoms with Crippen molar-refractivity contribution in [3.8, 4) is 11.5 Å². The summed E-state index contributed by atoms with van der Waals surface area (Å²) in [4.78, 5) is 5.26. The fraction of sp³-hybridized carbons (Fsp3) is 0.500. The van der Waals surface area contributed by atoms with E-state index in [9.17, 15) is 5.11 Å². The molecule has 0 amide bonds. The molecule has 2 heterocycles. The van der Waals surface area contributed by atoms with E-state index in [1.54, 1.807) is 13.2 Å². The number of phenolic OH excluding ortho intramolecular Hbond substituents is 1. The zero-order valence-electron chi connectivity index (χ0n) is 17.3. The Hall–Kier alpha value is -2.04. The average Bonchev–Trinajstić information content (AvgIpc) is 2.69. The first-order chi connectivity index (χ1) is 13.5. The summed E-state index contributed by atoms with van der Waals surface area (Å²) in [6, 6.07) is 16.9. The Bertz CT molecular complexity index is 824. The summed E-state index contributed by atoms with van der Waals surface area (Å²) in [6.07, 6.45) is 1.13. The monoisotopic (exact) mass is 380 g/mol. The Morgan fingerprint density at radius 1 is 1.11 bits per heavy atom. The van der Waals surface area contributed by atoms with Crippen LogP contribution in [0.25, 0.3) is 0 Å². The number of hydrogen-bond donors (Lipinski definition) is 1. The van der Waals surface area contributed by atoms with Crippen molar-refractivity contribution in [3.63, 3.8) is 0 Å². The van der Waals surface area contributed by atoms with Crippen molar-refractivity contribution in [2.45, 2.75) is 38.3 Å². The minimum absolute atomic E-state index is 0.0961. The number of methoxy groups -OCH3 is 1. The third-order valence-electron chi connectivity index (χ3n) is 6.99. The molecule has 2 aromatic carbocycles. The lowest BCUT2D eigenvalue weighted by molar-refractivity contribution is -0.00558. The number of hydrogen-bond acceptors (Lipinski definition) is 4. The number of fused-ring (bicyclic) bond motifs is 1. The predicted molar refractivity (Wildman–Crippen MR) is 113 cm³/mol. The maximum atomic E-state index is 10.00. The van der Waals surface area contributed by atoms with Crippen molar-refractivity contribution in [2.75, 3.05) is 33.3 Å². The predicted octanol–water partition coefficient (Wildman–Crippen LogP) is 3.88. The molecule has 2 aliphatic rings.